The van der Waals surface area contributed by atoms with E-state index in [1.807, 2.05) is 36.5 Å². The number of pyridine rings is 1. The fraction of sp³-hybridized carbons (Fsp3) is 0.0625. The van der Waals surface area contributed by atoms with Crippen LogP contribution in [0.15, 0.2) is 48.7 Å². The summed E-state index contributed by atoms with van der Waals surface area (Å²) in [6.45, 7) is 0.293. The van der Waals surface area contributed by atoms with Gasteiger partial charge in [-0.05, 0) is 34.7 Å². The Morgan fingerprint density at radius 3 is 2.55 bits per heavy atom. The summed E-state index contributed by atoms with van der Waals surface area (Å²) in [6, 6.07) is 14.2. The van der Waals surface area contributed by atoms with E-state index in [1.165, 1.54) is 0 Å². The molecule has 0 bridgehead atoms. The van der Waals surface area contributed by atoms with Crippen LogP contribution in [-0.4, -0.2) is 11.8 Å². The summed E-state index contributed by atoms with van der Waals surface area (Å²) >= 11 is 2.35. The number of fused-ring (bicyclic) bond motifs is 2. The van der Waals surface area contributed by atoms with Gasteiger partial charge in [0, 0.05) is 26.1 Å². The number of hydrogen-bond donors (Lipinski definition) is 0. The van der Waals surface area contributed by atoms with Gasteiger partial charge < -0.3 is 9.47 Å². The molecule has 0 N–H and O–H groups in total. The van der Waals surface area contributed by atoms with E-state index in [-0.39, 0.29) is 0 Å². The lowest BCUT2D eigenvalue weighted by atomic mass is 10.1. The van der Waals surface area contributed by atoms with Crippen LogP contribution in [0.3, 0.4) is 0 Å². The highest BCUT2D eigenvalue weighted by molar-refractivity contribution is 14.1. The second-order valence-electron chi connectivity index (χ2n) is 4.58. The smallest absolute Gasteiger partial charge is 0.231 e. The first-order chi connectivity index (χ1) is 9.83. The SMILES string of the molecule is Ic1c(-c2ccccc2)ncc2cc3c(cc12)OCO3. The number of halogens is 1. The summed E-state index contributed by atoms with van der Waals surface area (Å²) in [4.78, 5) is 4.60. The predicted molar refractivity (Wildman–Crippen MR) is 86.0 cm³/mol. The molecule has 1 aliphatic rings. The molecule has 0 saturated heterocycles. The number of ether oxygens (including phenoxy) is 2. The van der Waals surface area contributed by atoms with Crippen LogP contribution in [0.2, 0.25) is 0 Å². The van der Waals surface area contributed by atoms with Gasteiger partial charge in [-0.15, -0.1) is 0 Å². The molecule has 2 aromatic carbocycles. The van der Waals surface area contributed by atoms with Gasteiger partial charge in [-0.2, -0.15) is 0 Å². The Morgan fingerprint density at radius 2 is 1.75 bits per heavy atom. The topological polar surface area (TPSA) is 31.4 Å². The molecule has 0 unspecified atom stereocenters. The normalized spacial score (nSPS) is 12.8. The molecule has 0 radical (unpaired) electrons. The van der Waals surface area contributed by atoms with E-state index in [1.54, 1.807) is 0 Å². The van der Waals surface area contributed by atoms with Crippen LogP contribution in [0.1, 0.15) is 0 Å². The van der Waals surface area contributed by atoms with Crippen molar-refractivity contribution in [2.75, 3.05) is 6.79 Å². The standard InChI is InChI=1S/C16H10INO2/c17-15-12-7-14-13(19-9-20-14)6-11(12)8-18-16(15)10-4-2-1-3-5-10/h1-8H,9H2. The van der Waals surface area contributed by atoms with Gasteiger partial charge in [0.1, 0.15) is 0 Å². The molecule has 3 nitrogen and oxygen atoms in total. The first kappa shape index (κ1) is 12.0. The molecular weight excluding hydrogens is 365 g/mol. The summed E-state index contributed by atoms with van der Waals surface area (Å²) < 4.78 is 12.0. The van der Waals surface area contributed by atoms with E-state index < -0.39 is 0 Å². The molecule has 98 valence electrons. The largest absolute Gasteiger partial charge is 0.454 e. The maximum Gasteiger partial charge on any atom is 0.231 e. The minimum absolute atomic E-state index is 0.293. The van der Waals surface area contributed by atoms with Crippen molar-refractivity contribution in [3.63, 3.8) is 0 Å². The average Bonchev–Trinajstić information content (AvgIpc) is 2.94. The second kappa shape index (κ2) is 4.63. The Balaban J connectivity index is 1.97. The minimum Gasteiger partial charge on any atom is -0.454 e. The highest BCUT2D eigenvalue weighted by Crippen LogP contribution is 2.39. The van der Waals surface area contributed by atoms with Crippen molar-refractivity contribution in [2.45, 2.75) is 0 Å². The zero-order chi connectivity index (χ0) is 13.5. The monoisotopic (exact) mass is 375 g/mol. The lowest BCUT2D eigenvalue weighted by Crippen LogP contribution is -1.92. The van der Waals surface area contributed by atoms with E-state index in [4.69, 9.17) is 9.47 Å². The molecule has 1 aromatic heterocycles. The van der Waals surface area contributed by atoms with E-state index in [0.717, 1.165) is 37.1 Å². The summed E-state index contributed by atoms with van der Waals surface area (Å²) in [5.74, 6) is 1.60. The second-order valence-corrected chi connectivity index (χ2v) is 5.66. The van der Waals surface area contributed by atoms with E-state index in [0.29, 0.717) is 6.79 Å². The molecule has 20 heavy (non-hydrogen) atoms. The number of rotatable bonds is 1. The Kier molecular flexibility index (Phi) is 2.77. The number of hydrogen-bond acceptors (Lipinski definition) is 3. The van der Waals surface area contributed by atoms with Crippen molar-refractivity contribution in [3.05, 3.63) is 52.2 Å². The molecule has 4 heteroatoms. The van der Waals surface area contributed by atoms with Crippen LogP contribution in [0.4, 0.5) is 0 Å². The van der Waals surface area contributed by atoms with E-state index >= 15 is 0 Å². The molecular formula is C16H10INO2. The number of aromatic nitrogens is 1. The third-order valence-corrected chi connectivity index (χ3v) is 4.46. The Morgan fingerprint density at radius 1 is 1.00 bits per heavy atom. The zero-order valence-corrected chi connectivity index (χ0v) is 12.6. The summed E-state index contributed by atoms with van der Waals surface area (Å²) in [6.07, 6.45) is 1.89. The van der Waals surface area contributed by atoms with Crippen LogP contribution in [-0.2, 0) is 0 Å². The third-order valence-electron chi connectivity index (χ3n) is 3.37. The van der Waals surface area contributed by atoms with Crippen molar-refractivity contribution >= 4 is 33.4 Å². The molecule has 0 amide bonds. The van der Waals surface area contributed by atoms with Gasteiger partial charge in [-0.1, -0.05) is 30.3 Å². The third kappa shape index (κ3) is 1.83. The van der Waals surface area contributed by atoms with Crippen LogP contribution in [0.25, 0.3) is 22.0 Å². The molecule has 0 saturated carbocycles. The fourth-order valence-electron chi connectivity index (χ4n) is 2.37. The van der Waals surface area contributed by atoms with Gasteiger partial charge >= 0.3 is 0 Å². The molecule has 0 fully saturated rings. The van der Waals surface area contributed by atoms with Crippen molar-refractivity contribution in [1.82, 2.24) is 4.98 Å². The fourth-order valence-corrected chi connectivity index (χ4v) is 3.29. The molecule has 0 atom stereocenters. The van der Waals surface area contributed by atoms with Gasteiger partial charge in [0.2, 0.25) is 6.79 Å². The molecule has 2 heterocycles. The number of nitrogens with zero attached hydrogens (tertiary/aromatic N) is 1. The average molecular weight is 375 g/mol. The lowest BCUT2D eigenvalue weighted by Gasteiger charge is -2.08. The van der Waals surface area contributed by atoms with Crippen molar-refractivity contribution in [3.8, 4) is 22.8 Å². The van der Waals surface area contributed by atoms with E-state index in [9.17, 15) is 0 Å². The first-order valence-electron chi connectivity index (χ1n) is 6.26. The van der Waals surface area contributed by atoms with Crippen LogP contribution < -0.4 is 9.47 Å². The Labute approximate surface area is 129 Å². The van der Waals surface area contributed by atoms with Crippen molar-refractivity contribution < 1.29 is 9.47 Å². The van der Waals surface area contributed by atoms with Gasteiger partial charge in [0.15, 0.2) is 11.5 Å². The van der Waals surface area contributed by atoms with Crippen LogP contribution in [0, 0.1) is 3.57 Å². The molecule has 3 aromatic rings. The van der Waals surface area contributed by atoms with Gasteiger partial charge in [-0.3, -0.25) is 4.98 Å². The summed E-state index contributed by atoms with van der Waals surface area (Å²) in [5.41, 5.74) is 2.12. The zero-order valence-electron chi connectivity index (χ0n) is 10.5. The van der Waals surface area contributed by atoms with Crippen LogP contribution >= 0.6 is 22.6 Å². The minimum atomic E-state index is 0.293. The predicted octanol–water partition coefficient (Wildman–Crippen LogP) is 4.24. The molecule has 1 aliphatic heterocycles. The number of benzene rings is 2. The maximum atomic E-state index is 5.46. The Bertz CT molecular complexity index is 802. The molecule has 0 aliphatic carbocycles. The molecule has 0 spiro atoms. The van der Waals surface area contributed by atoms with Gasteiger partial charge in [0.25, 0.3) is 0 Å². The highest BCUT2D eigenvalue weighted by atomic mass is 127. The highest BCUT2D eigenvalue weighted by Gasteiger charge is 2.17. The molecule has 4 rings (SSSR count). The van der Waals surface area contributed by atoms with Crippen LogP contribution in [0.5, 0.6) is 11.5 Å². The summed E-state index contributed by atoms with van der Waals surface area (Å²) in [5, 5.41) is 2.21. The quantitative estimate of drug-likeness (QED) is 0.597. The van der Waals surface area contributed by atoms with Crippen molar-refractivity contribution in [1.29, 1.82) is 0 Å². The van der Waals surface area contributed by atoms with Gasteiger partial charge in [-0.25, -0.2) is 0 Å². The van der Waals surface area contributed by atoms with Crippen molar-refractivity contribution in [2.24, 2.45) is 0 Å². The summed E-state index contributed by atoms with van der Waals surface area (Å²) in [7, 11) is 0. The van der Waals surface area contributed by atoms with E-state index in [2.05, 4.69) is 39.7 Å². The lowest BCUT2D eigenvalue weighted by molar-refractivity contribution is 0.174. The maximum absolute atomic E-state index is 5.46. The van der Waals surface area contributed by atoms with Gasteiger partial charge in [0.05, 0.1) is 5.69 Å². The Hall–Kier alpha value is -1.82. The first-order valence-corrected chi connectivity index (χ1v) is 7.34.